The van der Waals surface area contributed by atoms with Crippen molar-refractivity contribution >= 4 is 44.9 Å². The monoisotopic (exact) mass is 398 g/mol. The summed E-state index contributed by atoms with van der Waals surface area (Å²) >= 11 is 1.18. The van der Waals surface area contributed by atoms with Gasteiger partial charge < -0.3 is 4.57 Å². The topological polar surface area (TPSA) is 121 Å². The maximum atomic E-state index is 12.2. The van der Waals surface area contributed by atoms with Gasteiger partial charge in [0, 0.05) is 36.9 Å². The van der Waals surface area contributed by atoms with Crippen molar-refractivity contribution in [1.29, 1.82) is 0 Å². The molecule has 0 saturated heterocycles. The van der Waals surface area contributed by atoms with E-state index >= 15 is 0 Å². The van der Waals surface area contributed by atoms with Gasteiger partial charge in [-0.2, -0.15) is 4.99 Å². The van der Waals surface area contributed by atoms with Crippen LogP contribution in [0.2, 0.25) is 0 Å². The van der Waals surface area contributed by atoms with Crippen LogP contribution in [-0.2, 0) is 11.3 Å². The predicted octanol–water partition coefficient (Wildman–Crippen LogP) is 3.68. The van der Waals surface area contributed by atoms with E-state index in [1.807, 2.05) is 6.92 Å². The lowest BCUT2D eigenvalue weighted by Crippen LogP contribution is -2.15. The van der Waals surface area contributed by atoms with Crippen LogP contribution >= 0.6 is 11.3 Å². The highest BCUT2D eigenvalue weighted by molar-refractivity contribution is 7.16. The van der Waals surface area contributed by atoms with Gasteiger partial charge in [-0.25, -0.2) is 0 Å². The van der Waals surface area contributed by atoms with Gasteiger partial charge in [-0.1, -0.05) is 23.5 Å². The fourth-order valence-electron chi connectivity index (χ4n) is 2.61. The molecule has 0 radical (unpaired) electrons. The number of fused-ring (bicyclic) bond motifs is 1. The Morgan fingerprint density at radius 2 is 1.86 bits per heavy atom. The smallest absolute Gasteiger partial charge is 0.272 e. The Balaban J connectivity index is 1.95. The van der Waals surface area contributed by atoms with Crippen molar-refractivity contribution in [3.8, 4) is 0 Å². The average molecular weight is 398 g/mol. The third-order valence-corrected chi connectivity index (χ3v) is 4.94. The SMILES string of the molecule is CCn1c(=NC(=O)C=Cc2cccc([N+](=O)[O-])c2)sc2cc([N+](=O)[O-])ccc21. The van der Waals surface area contributed by atoms with Gasteiger partial charge in [0.2, 0.25) is 0 Å². The molecule has 1 aromatic heterocycles. The van der Waals surface area contributed by atoms with E-state index in [9.17, 15) is 25.0 Å². The zero-order chi connectivity index (χ0) is 20.3. The average Bonchev–Trinajstić information content (AvgIpc) is 3.02. The summed E-state index contributed by atoms with van der Waals surface area (Å²) in [6.45, 7) is 2.43. The number of hydrogen-bond donors (Lipinski definition) is 0. The van der Waals surface area contributed by atoms with Crippen LogP contribution in [0.15, 0.2) is 53.5 Å². The van der Waals surface area contributed by atoms with Crippen molar-refractivity contribution in [1.82, 2.24) is 4.57 Å². The maximum absolute atomic E-state index is 12.2. The molecule has 0 saturated carbocycles. The molecule has 142 valence electrons. The first kappa shape index (κ1) is 19.1. The third-order valence-electron chi connectivity index (χ3n) is 3.90. The second-order valence-corrected chi connectivity index (χ2v) is 6.68. The van der Waals surface area contributed by atoms with Gasteiger partial charge in [0.15, 0.2) is 4.80 Å². The van der Waals surface area contributed by atoms with Gasteiger partial charge in [0.1, 0.15) is 0 Å². The Morgan fingerprint density at radius 1 is 1.14 bits per heavy atom. The lowest BCUT2D eigenvalue weighted by atomic mass is 10.2. The summed E-state index contributed by atoms with van der Waals surface area (Å²) in [6, 6.07) is 10.4. The molecular formula is C18H14N4O5S. The summed E-state index contributed by atoms with van der Waals surface area (Å²) in [5, 5.41) is 21.8. The molecule has 0 spiro atoms. The first-order chi connectivity index (χ1) is 13.4. The summed E-state index contributed by atoms with van der Waals surface area (Å²) in [5.41, 5.74) is 1.17. The summed E-state index contributed by atoms with van der Waals surface area (Å²) in [6.07, 6.45) is 2.68. The largest absolute Gasteiger partial charge is 0.317 e. The summed E-state index contributed by atoms with van der Waals surface area (Å²) in [4.78, 5) is 37.5. The minimum Gasteiger partial charge on any atom is -0.317 e. The number of nitro benzene ring substituents is 2. The van der Waals surface area contributed by atoms with Gasteiger partial charge in [-0.15, -0.1) is 0 Å². The molecular weight excluding hydrogens is 384 g/mol. The van der Waals surface area contributed by atoms with Crippen molar-refractivity contribution < 1.29 is 14.6 Å². The zero-order valence-electron chi connectivity index (χ0n) is 14.6. The van der Waals surface area contributed by atoms with Crippen LogP contribution < -0.4 is 4.80 Å². The Morgan fingerprint density at radius 3 is 2.54 bits per heavy atom. The molecule has 0 N–H and O–H groups in total. The first-order valence-corrected chi connectivity index (χ1v) is 8.99. The second kappa shape index (κ2) is 7.92. The molecule has 3 aromatic rings. The number of rotatable bonds is 5. The molecule has 0 bridgehead atoms. The molecule has 3 rings (SSSR count). The molecule has 1 heterocycles. The highest BCUT2D eigenvalue weighted by Gasteiger charge is 2.11. The van der Waals surface area contributed by atoms with Crippen LogP contribution in [0.25, 0.3) is 16.3 Å². The second-order valence-electron chi connectivity index (χ2n) is 5.67. The van der Waals surface area contributed by atoms with Gasteiger partial charge in [0.25, 0.3) is 17.3 Å². The van der Waals surface area contributed by atoms with Crippen molar-refractivity contribution in [2.45, 2.75) is 13.5 Å². The van der Waals surface area contributed by atoms with Crippen molar-refractivity contribution in [2.24, 2.45) is 4.99 Å². The highest BCUT2D eigenvalue weighted by atomic mass is 32.1. The normalized spacial score (nSPS) is 12.0. The van der Waals surface area contributed by atoms with E-state index in [-0.39, 0.29) is 11.4 Å². The Kier molecular flexibility index (Phi) is 5.41. The van der Waals surface area contributed by atoms with Crippen LogP contribution in [0.4, 0.5) is 11.4 Å². The number of nitro groups is 2. The minimum absolute atomic E-state index is 0.0274. The molecule has 0 aliphatic rings. The van der Waals surface area contributed by atoms with Crippen molar-refractivity contribution in [3.63, 3.8) is 0 Å². The van der Waals surface area contributed by atoms with E-state index in [0.29, 0.717) is 21.6 Å². The van der Waals surface area contributed by atoms with Crippen LogP contribution in [0.3, 0.4) is 0 Å². The first-order valence-electron chi connectivity index (χ1n) is 8.18. The van der Waals surface area contributed by atoms with Crippen LogP contribution in [0.1, 0.15) is 12.5 Å². The van der Waals surface area contributed by atoms with Crippen LogP contribution in [-0.4, -0.2) is 20.3 Å². The van der Waals surface area contributed by atoms with Crippen molar-refractivity contribution in [3.05, 3.63) is 79.1 Å². The fraction of sp³-hybridized carbons (Fsp3) is 0.111. The van der Waals surface area contributed by atoms with E-state index in [4.69, 9.17) is 0 Å². The van der Waals surface area contributed by atoms with E-state index in [2.05, 4.69) is 4.99 Å². The quantitative estimate of drug-likeness (QED) is 0.369. The highest BCUT2D eigenvalue weighted by Crippen LogP contribution is 2.23. The van der Waals surface area contributed by atoms with Gasteiger partial charge in [-0.05, 0) is 24.6 Å². The van der Waals surface area contributed by atoms with E-state index in [1.54, 1.807) is 16.7 Å². The molecule has 2 aromatic carbocycles. The predicted molar refractivity (Wildman–Crippen MR) is 105 cm³/mol. The maximum Gasteiger partial charge on any atom is 0.272 e. The molecule has 9 nitrogen and oxygen atoms in total. The number of hydrogen-bond acceptors (Lipinski definition) is 6. The summed E-state index contributed by atoms with van der Waals surface area (Å²) in [7, 11) is 0. The number of nitrogens with zero attached hydrogens (tertiary/aromatic N) is 4. The molecule has 0 fully saturated rings. The Labute approximate surface area is 162 Å². The number of aryl methyl sites for hydroxylation is 1. The molecule has 0 atom stereocenters. The molecule has 28 heavy (non-hydrogen) atoms. The number of amides is 1. The van der Waals surface area contributed by atoms with E-state index in [0.717, 1.165) is 5.52 Å². The minimum atomic E-state index is -0.533. The van der Waals surface area contributed by atoms with Crippen molar-refractivity contribution in [2.75, 3.05) is 0 Å². The van der Waals surface area contributed by atoms with Gasteiger partial charge in [-0.3, -0.25) is 25.0 Å². The van der Waals surface area contributed by atoms with E-state index in [1.165, 1.54) is 53.8 Å². The zero-order valence-corrected chi connectivity index (χ0v) is 15.5. The van der Waals surface area contributed by atoms with Gasteiger partial charge in [0.05, 0.1) is 20.1 Å². The number of carbonyl (C=O) groups excluding carboxylic acids is 1. The Hall–Kier alpha value is -3.66. The molecule has 1 amide bonds. The molecule has 10 heteroatoms. The molecule has 0 aliphatic carbocycles. The molecule has 0 unspecified atom stereocenters. The summed E-state index contributed by atoms with van der Waals surface area (Å²) < 4.78 is 2.45. The van der Waals surface area contributed by atoms with E-state index < -0.39 is 15.8 Å². The number of benzene rings is 2. The standard InChI is InChI=1S/C18H14N4O5S/c1-2-20-15-8-7-14(22(26)27)11-16(15)28-18(20)19-17(23)9-6-12-4-3-5-13(10-12)21(24)25/h3-11H,2H2,1H3. The molecule has 0 aliphatic heterocycles. The van der Waals surface area contributed by atoms with Gasteiger partial charge >= 0.3 is 0 Å². The fourth-order valence-corrected chi connectivity index (χ4v) is 3.74. The summed E-state index contributed by atoms with van der Waals surface area (Å²) in [5.74, 6) is -0.533. The number of non-ortho nitro benzene ring substituents is 2. The Bertz CT molecular complexity index is 1190. The van der Waals surface area contributed by atoms with Crippen LogP contribution in [0, 0.1) is 20.2 Å². The number of carbonyl (C=O) groups is 1. The lowest BCUT2D eigenvalue weighted by Gasteiger charge is -1.99. The van der Waals surface area contributed by atoms with Crippen LogP contribution in [0.5, 0.6) is 0 Å². The lowest BCUT2D eigenvalue weighted by molar-refractivity contribution is -0.385. The third kappa shape index (κ3) is 4.01. The number of thiazole rings is 1. The number of aromatic nitrogens is 1.